The molecular weight excluding hydrogens is 464 g/mol. The summed E-state index contributed by atoms with van der Waals surface area (Å²) in [7, 11) is -4.67. The molecule has 0 bridgehead atoms. The molecule has 9 heteroatoms. The molecular formula is C16H11IN3NaO3S. The van der Waals surface area contributed by atoms with Gasteiger partial charge in [0.05, 0.1) is 16.3 Å². The number of halogens is 1. The van der Waals surface area contributed by atoms with Crippen LogP contribution in [0.3, 0.4) is 0 Å². The van der Waals surface area contributed by atoms with E-state index in [9.17, 15) is 13.0 Å². The summed E-state index contributed by atoms with van der Waals surface area (Å²) < 4.78 is 35.7. The Hall–Kier alpha value is -1.04. The number of nitrogens with two attached hydrogens (primary N) is 1. The smallest absolute Gasteiger partial charge is 0.744 e. The first-order valence-corrected chi connectivity index (χ1v) is 9.29. The molecule has 0 radical (unpaired) electrons. The summed E-state index contributed by atoms with van der Waals surface area (Å²) in [4.78, 5) is -0.358. The topological polar surface area (TPSA) is 108 Å². The quantitative estimate of drug-likeness (QED) is 0.203. The molecule has 122 valence electrons. The van der Waals surface area contributed by atoms with Crippen molar-refractivity contribution < 1.29 is 42.5 Å². The molecule has 3 aromatic rings. The van der Waals surface area contributed by atoms with Gasteiger partial charge in [-0.05, 0) is 52.9 Å². The molecule has 25 heavy (non-hydrogen) atoms. The minimum atomic E-state index is -4.67. The van der Waals surface area contributed by atoms with E-state index < -0.39 is 10.1 Å². The molecule has 0 aromatic heterocycles. The second kappa shape index (κ2) is 8.11. The van der Waals surface area contributed by atoms with Crippen LogP contribution in [0.4, 0.5) is 17.1 Å². The van der Waals surface area contributed by atoms with Crippen molar-refractivity contribution in [3.8, 4) is 0 Å². The van der Waals surface area contributed by atoms with Gasteiger partial charge in [0.2, 0.25) is 0 Å². The summed E-state index contributed by atoms with van der Waals surface area (Å²) in [6.07, 6.45) is 0. The van der Waals surface area contributed by atoms with E-state index >= 15 is 0 Å². The summed E-state index contributed by atoms with van der Waals surface area (Å²) in [5, 5.41) is 8.80. The van der Waals surface area contributed by atoms with Crippen LogP contribution in [0.25, 0.3) is 10.8 Å². The van der Waals surface area contributed by atoms with Crippen LogP contribution < -0.4 is 35.3 Å². The maximum Gasteiger partial charge on any atom is 1.00 e. The molecule has 0 aliphatic heterocycles. The Morgan fingerprint density at radius 2 is 1.56 bits per heavy atom. The maximum atomic E-state index is 11.6. The third-order valence-electron chi connectivity index (χ3n) is 3.40. The average molecular weight is 475 g/mol. The molecule has 0 unspecified atom stereocenters. The SMILES string of the molecule is Nc1c(N=Nc2ccc(I)cc2)cc(S(=O)(=O)[O-])c2ccccc12.[Na+]. The number of nitrogen functional groups attached to an aromatic ring is 1. The Kier molecular flexibility index (Phi) is 6.57. The molecule has 3 aromatic carbocycles. The summed E-state index contributed by atoms with van der Waals surface area (Å²) in [6.45, 7) is 0. The molecule has 3 rings (SSSR count). The molecule has 0 saturated heterocycles. The van der Waals surface area contributed by atoms with Crippen LogP contribution >= 0.6 is 22.6 Å². The van der Waals surface area contributed by atoms with Gasteiger partial charge in [0.1, 0.15) is 15.8 Å². The largest absolute Gasteiger partial charge is 1.00 e. The molecule has 0 amide bonds. The number of anilines is 1. The van der Waals surface area contributed by atoms with Gasteiger partial charge in [-0.1, -0.05) is 24.3 Å². The number of hydrogen-bond donors (Lipinski definition) is 1. The summed E-state index contributed by atoms with van der Waals surface area (Å²) in [6, 6.07) is 15.0. The van der Waals surface area contributed by atoms with E-state index in [-0.39, 0.29) is 51.2 Å². The number of rotatable bonds is 3. The van der Waals surface area contributed by atoms with Crippen molar-refractivity contribution in [2.24, 2.45) is 10.2 Å². The van der Waals surface area contributed by atoms with Crippen molar-refractivity contribution in [3.63, 3.8) is 0 Å². The van der Waals surface area contributed by atoms with E-state index in [1.165, 1.54) is 6.07 Å². The van der Waals surface area contributed by atoms with Gasteiger partial charge in [-0.3, -0.25) is 0 Å². The van der Waals surface area contributed by atoms with Crippen molar-refractivity contribution in [3.05, 3.63) is 58.2 Å². The molecule has 0 saturated carbocycles. The Labute approximate surface area is 180 Å². The molecule has 0 fully saturated rings. The predicted molar refractivity (Wildman–Crippen MR) is 99.7 cm³/mol. The number of fused-ring (bicyclic) bond motifs is 1. The number of azo groups is 1. The van der Waals surface area contributed by atoms with Gasteiger partial charge in [0.15, 0.2) is 0 Å². The molecule has 0 heterocycles. The first-order valence-electron chi connectivity index (χ1n) is 6.81. The van der Waals surface area contributed by atoms with E-state index in [2.05, 4.69) is 32.8 Å². The summed E-state index contributed by atoms with van der Waals surface area (Å²) >= 11 is 2.17. The number of nitrogens with zero attached hydrogens (tertiary/aromatic N) is 2. The van der Waals surface area contributed by atoms with Crippen LogP contribution in [0, 0.1) is 3.57 Å². The molecule has 2 N–H and O–H groups in total. The van der Waals surface area contributed by atoms with Gasteiger partial charge >= 0.3 is 29.6 Å². The zero-order valence-electron chi connectivity index (χ0n) is 13.2. The minimum absolute atomic E-state index is 0. The van der Waals surface area contributed by atoms with Crippen LogP contribution in [0.15, 0.2) is 69.7 Å². The van der Waals surface area contributed by atoms with Crippen LogP contribution in [0.1, 0.15) is 0 Å². The Balaban J connectivity index is 0.00000225. The molecule has 0 atom stereocenters. The van der Waals surface area contributed by atoms with Gasteiger partial charge in [-0.25, -0.2) is 8.42 Å². The van der Waals surface area contributed by atoms with Gasteiger partial charge in [0.25, 0.3) is 0 Å². The van der Waals surface area contributed by atoms with E-state index in [4.69, 9.17) is 5.73 Å². The molecule has 0 aliphatic carbocycles. The molecule has 0 spiro atoms. The Bertz CT molecular complexity index is 1050. The monoisotopic (exact) mass is 475 g/mol. The number of benzene rings is 3. The van der Waals surface area contributed by atoms with Gasteiger partial charge in [0, 0.05) is 14.3 Å². The zero-order valence-corrected chi connectivity index (χ0v) is 18.2. The predicted octanol–water partition coefficient (Wildman–Crippen LogP) is 1.35. The van der Waals surface area contributed by atoms with E-state index in [0.29, 0.717) is 11.1 Å². The van der Waals surface area contributed by atoms with E-state index in [1.54, 1.807) is 30.3 Å². The first-order chi connectivity index (χ1) is 11.4. The maximum absolute atomic E-state index is 11.6. The fourth-order valence-electron chi connectivity index (χ4n) is 2.26. The van der Waals surface area contributed by atoms with Crippen molar-refractivity contribution in [1.82, 2.24) is 0 Å². The van der Waals surface area contributed by atoms with Gasteiger partial charge in [-0.2, -0.15) is 5.11 Å². The van der Waals surface area contributed by atoms with Crippen molar-refractivity contribution in [2.45, 2.75) is 4.90 Å². The van der Waals surface area contributed by atoms with E-state index in [0.717, 1.165) is 9.64 Å². The zero-order chi connectivity index (χ0) is 17.3. The van der Waals surface area contributed by atoms with Crippen LogP contribution in [-0.2, 0) is 10.1 Å². The van der Waals surface area contributed by atoms with Crippen molar-refractivity contribution in [2.75, 3.05) is 5.73 Å². The van der Waals surface area contributed by atoms with Gasteiger partial charge in [-0.15, -0.1) is 5.11 Å². The third-order valence-corrected chi connectivity index (χ3v) is 4.99. The van der Waals surface area contributed by atoms with Crippen molar-refractivity contribution >= 4 is 60.5 Å². The normalized spacial score (nSPS) is 11.6. The van der Waals surface area contributed by atoms with Gasteiger partial charge < -0.3 is 10.3 Å². The molecule has 6 nitrogen and oxygen atoms in total. The molecule has 0 aliphatic rings. The van der Waals surface area contributed by atoms with Crippen LogP contribution in [-0.4, -0.2) is 13.0 Å². The third kappa shape index (κ3) is 4.57. The average Bonchev–Trinajstić information content (AvgIpc) is 2.55. The number of hydrogen-bond acceptors (Lipinski definition) is 6. The summed E-state index contributed by atoms with van der Waals surface area (Å²) in [5.74, 6) is 0. The second-order valence-corrected chi connectivity index (χ2v) is 7.58. The summed E-state index contributed by atoms with van der Waals surface area (Å²) in [5.41, 5.74) is 7.07. The van der Waals surface area contributed by atoms with Crippen LogP contribution in [0.5, 0.6) is 0 Å². The fraction of sp³-hybridized carbons (Fsp3) is 0. The Morgan fingerprint density at radius 3 is 2.16 bits per heavy atom. The second-order valence-electron chi connectivity index (χ2n) is 4.98. The van der Waals surface area contributed by atoms with Crippen LogP contribution in [0.2, 0.25) is 0 Å². The first kappa shape index (κ1) is 20.3. The Morgan fingerprint density at radius 1 is 0.960 bits per heavy atom. The fourth-order valence-corrected chi connectivity index (χ4v) is 3.32. The minimum Gasteiger partial charge on any atom is -0.744 e. The standard InChI is InChI=1S/C16H12IN3O3S.Na/c17-10-5-7-11(8-6-10)19-20-14-9-15(24(21,22)23)12-3-1-2-4-13(12)16(14)18;/h1-9H,18H2,(H,21,22,23);/q;+1/p-1. The van der Waals surface area contributed by atoms with E-state index in [1.807, 2.05) is 12.1 Å². The van der Waals surface area contributed by atoms with Crippen molar-refractivity contribution in [1.29, 1.82) is 0 Å².